The van der Waals surface area contributed by atoms with Crippen LogP contribution in [0, 0.1) is 3.57 Å². The van der Waals surface area contributed by atoms with Crippen molar-refractivity contribution in [1.82, 2.24) is 9.13 Å². The summed E-state index contributed by atoms with van der Waals surface area (Å²) in [5.41, 5.74) is 67.7. The van der Waals surface area contributed by atoms with Gasteiger partial charge in [0.2, 0.25) is 0 Å². The lowest BCUT2D eigenvalue weighted by atomic mass is 9.94. The Labute approximate surface area is 787 Å². The average molecular weight is 1870 g/mol. The van der Waals surface area contributed by atoms with Crippen LogP contribution in [0.5, 0.6) is 0 Å². The molecule has 10 heteroatoms. The summed E-state index contributed by atoms with van der Waals surface area (Å²) < 4.78 is 6.88. The number of nitrogen functional groups attached to an aromatic ring is 5. The molecular weight excluding hydrogens is 1770 g/mol. The van der Waals surface area contributed by atoms with Crippen LogP contribution >= 0.6 is 38.5 Å². The predicted octanol–water partition coefficient (Wildman–Crippen LogP) is 32.2. The van der Waals surface area contributed by atoms with Crippen molar-refractivity contribution in [3.8, 4) is 112 Å². The van der Waals surface area contributed by atoms with E-state index in [1.807, 2.05) is 133 Å². The second kappa shape index (κ2) is 40.3. The summed E-state index contributed by atoms with van der Waals surface area (Å²) in [6.45, 7) is 0. The first-order valence-electron chi connectivity index (χ1n) is 43.7. The Morgan fingerprint density at radius 2 is 0.466 bits per heavy atom. The monoisotopic (exact) mass is 1860 g/mol. The molecule has 8 nitrogen and oxygen atoms in total. The topological polar surface area (TPSA) is 152 Å². The van der Waals surface area contributed by atoms with Crippen molar-refractivity contribution >= 4 is 122 Å². The summed E-state index contributed by atoms with van der Waals surface area (Å²) in [6.07, 6.45) is 1.10. The molecule has 131 heavy (non-hydrogen) atoms. The number of nitrogens with two attached hydrogens (primary N) is 5. The summed E-state index contributed by atoms with van der Waals surface area (Å²) in [6, 6.07) is 170. The highest BCUT2D eigenvalue weighted by Crippen LogP contribution is 2.47. The number of rotatable bonds is 12. The van der Waals surface area contributed by atoms with E-state index in [1.54, 1.807) is 0 Å². The summed E-state index contributed by atoms with van der Waals surface area (Å²) >= 11 is 5.79. The van der Waals surface area contributed by atoms with Crippen LogP contribution in [0.25, 0.3) is 155 Å². The number of nitrogens with one attached hydrogen (secondary N) is 1. The van der Waals surface area contributed by atoms with Gasteiger partial charge in [0.1, 0.15) is 0 Å². The molecule has 0 aliphatic heterocycles. The van der Waals surface area contributed by atoms with Crippen molar-refractivity contribution in [2.45, 2.75) is 6.42 Å². The number of hydrogen-bond donors (Lipinski definition) is 6. The summed E-state index contributed by atoms with van der Waals surface area (Å²) in [5.74, 6) is 0. The molecule has 2 aromatic heterocycles. The van der Waals surface area contributed by atoms with E-state index in [-0.39, 0.29) is 0 Å². The van der Waals surface area contributed by atoms with E-state index in [1.165, 1.54) is 65.9 Å². The van der Waals surface area contributed by atoms with Crippen LogP contribution in [0.2, 0.25) is 0 Å². The Morgan fingerprint density at radius 3 is 0.786 bits per heavy atom. The maximum absolute atomic E-state index is 6.79. The standard InChI is InChI=1S/C36H27N3.C30H22N2.C18H14BrN.C18H15N.C13H10.C6H6IN/c37-32-19-9-10-20-33(32)38-36-30(25-13-3-1-4-14-25)23-27(24-31(36)26-15-5-2-6-16-26)39-34-21-11-7-17-28(34)29-18-8-12-22-35(29)39;31-30-26(21-11-3-1-4-12-21)19-23(20-27(30)22-13-5-2-6-14-22)32-28-17-9-7-15-24(28)25-16-8-10-18-29(25)32;19-15-11-16(13-7-3-1-4-8-13)18(20)17(12-15)14-9-5-2-6-10-14;19-18-16(14-8-3-1-4-9-14)12-7-13-17(18)15-10-5-2-6-11-15;1-3-7-12-10(5-1)9-11-6-2-4-8-13(11)12;7-5-3-1-2-4-6(5)8/h1-24,38H,37H2;1-20H,31H2;1-12H,20H2;1-13H,19H2;1-8H,9H2;1-4H,8H2. The largest absolute Gasteiger partial charge is 0.398 e. The van der Waals surface area contributed by atoms with Crippen LogP contribution in [-0.2, 0) is 6.42 Å². The third kappa shape index (κ3) is 19.1. The van der Waals surface area contributed by atoms with Crippen molar-refractivity contribution in [3.05, 3.63) is 511 Å². The molecule has 0 saturated carbocycles. The van der Waals surface area contributed by atoms with E-state index in [9.17, 15) is 0 Å². The molecule has 0 bridgehead atoms. The number of fused-ring (bicyclic) bond motifs is 9. The fraction of sp³-hybridized carbons (Fsp3) is 0.00826. The first kappa shape index (κ1) is 85.8. The summed E-state index contributed by atoms with van der Waals surface area (Å²) in [5, 5.41) is 8.71. The second-order valence-electron chi connectivity index (χ2n) is 31.9. The third-order valence-electron chi connectivity index (χ3n) is 23.7. The minimum absolute atomic E-state index is 0.710. The minimum atomic E-state index is 0.710. The second-order valence-corrected chi connectivity index (χ2v) is 34.0. The molecule has 0 radical (unpaired) electrons. The van der Waals surface area contributed by atoms with Crippen molar-refractivity contribution in [2.24, 2.45) is 0 Å². The molecule has 0 unspecified atom stereocenters. The van der Waals surface area contributed by atoms with E-state index < -0.39 is 0 Å². The zero-order chi connectivity index (χ0) is 89.4. The van der Waals surface area contributed by atoms with Crippen molar-refractivity contribution < 1.29 is 0 Å². The number of hydrogen-bond acceptors (Lipinski definition) is 6. The molecule has 0 atom stereocenters. The van der Waals surface area contributed by atoms with Crippen LogP contribution < -0.4 is 34.0 Å². The molecule has 1 aliphatic rings. The van der Waals surface area contributed by atoms with Crippen LogP contribution in [0.3, 0.4) is 0 Å². The Hall–Kier alpha value is -16.0. The van der Waals surface area contributed by atoms with Gasteiger partial charge in [0.05, 0.1) is 39.1 Å². The predicted molar refractivity (Wildman–Crippen MR) is 571 cm³/mol. The molecule has 0 spiro atoms. The Morgan fingerprint density at radius 1 is 0.221 bits per heavy atom. The maximum Gasteiger partial charge on any atom is 0.0618 e. The molecule has 0 fully saturated rings. The minimum Gasteiger partial charge on any atom is -0.398 e. The first-order valence-corrected chi connectivity index (χ1v) is 45.6. The Bertz CT molecular complexity index is 7290. The molecule has 20 aromatic carbocycles. The van der Waals surface area contributed by atoms with E-state index in [4.69, 9.17) is 28.7 Å². The zero-order valence-corrected chi connectivity index (χ0v) is 75.8. The highest BCUT2D eigenvalue weighted by molar-refractivity contribution is 14.1. The third-order valence-corrected chi connectivity index (χ3v) is 25.2. The first-order chi connectivity index (χ1) is 64.5. The van der Waals surface area contributed by atoms with Gasteiger partial charge < -0.3 is 43.1 Å². The van der Waals surface area contributed by atoms with E-state index in [2.05, 4.69) is 411 Å². The Kier molecular flexibility index (Phi) is 26.4. The molecule has 23 rings (SSSR count). The SMILES string of the molecule is Nc1c(-c2ccccc2)cc(-n2c3ccccc3c3ccccc32)cc1-c1ccccc1.Nc1c(-c2ccccc2)cc(Br)cc1-c1ccccc1.Nc1c(-c2ccccc2)cccc1-c1ccccc1.Nc1ccccc1I.Nc1ccccc1Nc1c(-c2ccccc2)cc(-n2c3ccccc3c3ccccc32)cc1-c1ccccc1.c1ccc2c(c1)Cc1ccccc1-2. The van der Waals surface area contributed by atoms with Gasteiger partial charge in [-0.15, -0.1) is 0 Å². The molecule has 22 aromatic rings. The van der Waals surface area contributed by atoms with Gasteiger partial charge in [0, 0.05) is 108 Å². The average Bonchev–Trinajstić information content (AvgIpc) is 1.53. The highest BCUT2D eigenvalue weighted by Gasteiger charge is 2.23. The normalized spacial score (nSPS) is 10.9. The van der Waals surface area contributed by atoms with Gasteiger partial charge in [0.25, 0.3) is 0 Å². The van der Waals surface area contributed by atoms with Crippen molar-refractivity contribution in [3.63, 3.8) is 0 Å². The fourth-order valence-corrected chi connectivity index (χ4v) is 18.2. The van der Waals surface area contributed by atoms with Gasteiger partial charge in [-0.25, -0.2) is 0 Å². The van der Waals surface area contributed by atoms with Crippen LogP contribution in [0.15, 0.2) is 496 Å². The zero-order valence-electron chi connectivity index (χ0n) is 72.0. The molecular formula is C121H94BrIN8. The van der Waals surface area contributed by atoms with Crippen LogP contribution in [-0.4, -0.2) is 9.13 Å². The number of halogens is 2. The molecule has 632 valence electrons. The maximum atomic E-state index is 6.79. The lowest BCUT2D eigenvalue weighted by Crippen LogP contribution is -2.03. The van der Waals surface area contributed by atoms with Gasteiger partial charge in [-0.1, -0.05) is 422 Å². The molecule has 0 amide bonds. The number of para-hydroxylation sites is 8. The van der Waals surface area contributed by atoms with E-state index >= 15 is 0 Å². The number of nitrogens with zero attached hydrogens (tertiary/aromatic N) is 2. The molecule has 11 N–H and O–H groups in total. The van der Waals surface area contributed by atoms with Gasteiger partial charge in [0.15, 0.2) is 0 Å². The molecule has 0 saturated heterocycles. The number of aromatic nitrogens is 2. The Balaban J connectivity index is 0.000000112. The fourth-order valence-electron chi connectivity index (χ4n) is 17.4. The number of anilines is 7. The molecule has 2 heterocycles. The van der Waals surface area contributed by atoms with Gasteiger partial charge in [-0.05, 0) is 181 Å². The van der Waals surface area contributed by atoms with Crippen molar-refractivity contribution in [2.75, 3.05) is 34.0 Å². The van der Waals surface area contributed by atoms with E-state index in [0.29, 0.717) is 5.69 Å². The van der Waals surface area contributed by atoms with Crippen LogP contribution in [0.1, 0.15) is 11.1 Å². The van der Waals surface area contributed by atoms with Gasteiger partial charge in [-0.3, -0.25) is 0 Å². The molecule has 1 aliphatic carbocycles. The van der Waals surface area contributed by atoms with Crippen LogP contribution in [0.4, 0.5) is 39.8 Å². The van der Waals surface area contributed by atoms with Gasteiger partial charge in [-0.2, -0.15) is 0 Å². The lowest BCUT2D eigenvalue weighted by Gasteiger charge is -2.21. The quantitative estimate of drug-likeness (QED) is 0.0529. The summed E-state index contributed by atoms with van der Waals surface area (Å²) in [7, 11) is 0. The van der Waals surface area contributed by atoms with Gasteiger partial charge >= 0.3 is 0 Å². The number of benzene rings is 20. The van der Waals surface area contributed by atoms with E-state index in [0.717, 1.165) is 149 Å². The lowest BCUT2D eigenvalue weighted by molar-refractivity contribution is 1.18. The summed E-state index contributed by atoms with van der Waals surface area (Å²) in [4.78, 5) is 0. The van der Waals surface area contributed by atoms with Crippen molar-refractivity contribution in [1.29, 1.82) is 0 Å². The smallest absolute Gasteiger partial charge is 0.0618 e. The highest BCUT2D eigenvalue weighted by atomic mass is 127.